The molecular weight excluding hydrogens is 513 g/mol. The zero-order valence-electron chi connectivity index (χ0n) is 19.0. The summed E-state index contributed by atoms with van der Waals surface area (Å²) in [5.41, 5.74) is 1.91. The third-order valence-electron chi connectivity index (χ3n) is 5.89. The molecule has 4 heteroatoms. The second-order valence-electron chi connectivity index (χ2n) is 8.10. The summed E-state index contributed by atoms with van der Waals surface area (Å²) in [4.78, 5) is 13.6. The summed E-state index contributed by atoms with van der Waals surface area (Å²) in [6.07, 6.45) is 0. The molecule has 0 aliphatic rings. The number of carbonyl (C=O) groups excluding carboxylic acids is 1. The SMILES string of the molecule is O=C(c1ccccc1)c1cc(Br)ccc1N=P(c1ccccc1)(c1ccccc1)c1ccccc1. The maximum atomic E-state index is 13.6. The molecule has 0 aliphatic carbocycles. The number of carbonyl (C=O) groups is 1. The Hall–Kier alpha value is -3.52. The summed E-state index contributed by atoms with van der Waals surface area (Å²) >= 11 is 3.57. The maximum absolute atomic E-state index is 13.6. The van der Waals surface area contributed by atoms with Gasteiger partial charge in [-0.05, 0) is 18.2 Å². The molecule has 5 aromatic carbocycles. The van der Waals surface area contributed by atoms with Crippen LogP contribution in [0.3, 0.4) is 0 Å². The molecule has 0 atom stereocenters. The van der Waals surface area contributed by atoms with Gasteiger partial charge in [0.1, 0.15) is 0 Å². The van der Waals surface area contributed by atoms with Crippen LogP contribution in [0.15, 0.2) is 149 Å². The van der Waals surface area contributed by atoms with Crippen molar-refractivity contribution >= 4 is 50.4 Å². The van der Waals surface area contributed by atoms with Gasteiger partial charge >= 0.3 is 0 Å². The minimum atomic E-state index is -2.49. The van der Waals surface area contributed by atoms with E-state index < -0.39 is 7.05 Å². The number of benzene rings is 5. The zero-order valence-corrected chi connectivity index (χ0v) is 21.4. The van der Waals surface area contributed by atoms with Gasteiger partial charge in [-0.3, -0.25) is 9.54 Å². The molecule has 0 spiro atoms. The van der Waals surface area contributed by atoms with E-state index >= 15 is 0 Å². The van der Waals surface area contributed by atoms with Gasteiger partial charge in [0, 0.05) is 31.5 Å². The van der Waals surface area contributed by atoms with Crippen LogP contribution in [0.25, 0.3) is 0 Å². The lowest BCUT2D eigenvalue weighted by atomic mass is 10.0. The van der Waals surface area contributed by atoms with Crippen LogP contribution in [0.2, 0.25) is 0 Å². The fourth-order valence-electron chi connectivity index (χ4n) is 4.24. The third kappa shape index (κ3) is 4.71. The largest absolute Gasteiger partial charge is 0.289 e. The van der Waals surface area contributed by atoms with Gasteiger partial charge in [0.2, 0.25) is 0 Å². The smallest absolute Gasteiger partial charge is 0.195 e. The number of halogens is 1. The van der Waals surface area contributed by atoms with Gasteiger partial charge in [-0.15, -0.1) is 0 Å². The van der Waals surface area contributed by atoms with E-state index in [1.807, 2.05) is 66.7 Å². The standard InChI is InChI=1S/C31H23BrNOP/c32-25-21-22-30(29(23-25)31(34)24-13-5-1-6-14-24)33-35(26-15-7-2-8-16-26,27-17-9-3-10-18-27)28-19-11-4-12-20-28/h1-23H. The second kappa shape index (κ2) is 10.4. The van der Waals surface area contributed by atoms with E-state index in [1.54, 1.807) is 0 Å². The Kier molecular flexibility index (Phi) is 6.90. The van der Waals surface area contributed by atoms with E-state index in [1.165, 1.54) is 0 Å². The molecule has 0 saturated carbocycles. The number of rotatable bonds is 6. The second-order valence-corrected chi connectivity index (χ2v) is 12.0. The molecule has 0 saturated heterocycles. The van der Waals surface area contributed by atoms with Crippen molar-refractivity contribution in [3.05, 3.63) is 155 Å². The number of hydrogen-bond acceptors (Lipinski definition) is 2. The predicted octanol–water partition coefficient (Wildman–Crippen LogP) is 7.49. The van der Waals surface area contributed by atoms with Crippen LogP contribution >= 0.6 is 23.0 Å². The van der Waals surface area contributed by atoms with Crippen LogP contribution in [-0.2, 0) is 0 Å². The third-order valence-corrected chi connectivity index (χ3v) is 10.0. The molecule has 0 aliphatic heterocycles. The Morgan fingerprint density at radius 1 is 0.571 bits per heavy atom. The highest BCUT2D eigenvalue weighted by atomic mass is 79.9. The van der Waals surface area contributed by atoms with Crippen molar-refractivity contribution in [2.45, 2.75) is 0 Å². The molecule has 0 bridgehead atoms. The molecule has 35 heavy (non-hydrogen) atoms. The van der Waals surface area contributed by atoms with E-state index in [0.717, 1.165) is 20.4 Å². The molecule has 0 fully saturated rings. The average molecular weight is 536 g/mol. The first-order chi connectivity index (χ1) is 17.2. The first-order valence-corrected chi connectivity index (χ1v) is 13.9. The fraction of sp³-hybridized carbons (Fsp3) is 0. The van der Waals surface area contributed by atoms with E-state index in [9.17, 15) is 4.79 Å². The summed E-state index contributed by atoms with van der Waals surface area (Å²) in [5, 5.41) is 3.41. The molecule has 0 N–H and O–H groups in total. The number of hydrogen-bond donors (Lipinski definition) is 0. The normalized spacial score (nSPS) is 11.1. The first kappa shape index (κ1) is 23.2. The highest BCUT2D eigenvalue weighted by Gasteiger charge is 2.28. The fourth-order valence-corrected chi connectivity index (χ4v) is 8.15. The molecule has 5 rings (SSSR count). The molecule has 170 valence electrons. The van der Waals surface area contributed by atoms with E-state index in [-0.39, 0.29) is 5.78 Å². The van der Waals surface area contributed by atoms with Gasteiger partial charge in [0.25, 0.3) is 0 Å². The monoisotopic (exact) mass is 535 g/mol. The number of ketones is 1. The van der Waals surface area contributed by atoms with E-state index in [4.69, 9.17) is 4.74 Å². The van der Waals surface area contributed by atoms with Gasteiger partial charge in [0.15, 0.2) is 5.78 Å². The Balaban J connectivity index is 1.87. The lowest BCUT2D eigenvalue weighted by Gasteiger charge is -2.27. The van der Waals surface area contributed by atoms with Crippen LogP contribution in [-0.4, -0.2) is 5.78 Å². The van der Waals surface area contributed by atoms with Crippen LogP contribution in [0.1, 0.15) is 15.9 Å². The van der Waals surface area contributed by atoms with Crippen molar-refractivity contribution in [2.24, 2.45) is 4.74 Å². The Morgan fingerprint density at radius 2 is 1.00 bits per heavy atom. The van der Waals surface area contributed by atoms with Crippen molar-refractivity contribution in [3.8, 4) is 0 Å². The summed E-state index contributed by atoms with van der Waals surface area (Å²) in [5.74, 6) is -0.0436. The molecule has 0 aromatic heterocycles. The lowest BCUT2D eigenvalue weighted by Crippen LogP contribution is -2.25. The molecule has 5 aromatic rings. The first-order valence-electron chi connectivity index (χ1n) is 11.4. The minimum Gasteiger partial charge on any atom is -0.289 e. The molecule has 0 amide bonds. The van der Waals surface area contributed by atoms with E-state index in [0.29, 0.717) is 16.8 Å². The molecule has 0 unspecified atom stereocenters. The topological polar surface area (TPSA) is 29.4 Å². The van der Waals surface area contributed by atoms with Gasteiger partial charge in [-0.2, -0.15) is 0 Å². The van der Waals surface area contributed by atoms with Gasteiger partial charge in [0.05, 0.1) is 12.7 Å². The van der Waals surface area contributed by atoms with Crippen molar-refractivity contribution < 1.29 is 4.79 Å². The van der Waals surface area contributed by atoms with E-state index in [2.05, 4.69) is 88.7 Å². The summed E-state index contributed by atoms with van der Waals surface area (Å²) in [7, 11) is -2.49. The minimum absolute atomic E-state index is 0.0436. The van der Waals surface area contributed by atoms with Crippen LogP contribution in [0.4, 0.5) is 5.69 Å². The van der Waals surface area contributed by atoms with Crippen molar-refractivity contribution in [3.63, 3.8) is 0 Å². The molecule has 2 nitrogen and oxygen atoms in total. The van der Waals surface area contributed by atoms with Crippen molar-refractivity contribution in [1.82, 2.24) is 0 Å². The zero-order chi connectivity index (χ0) is 24.1. The number of nitrogens with zero attached hydrogens (tertiary/aromatic N) is 1. The molecule has 0 radical (unpaired) electrons. The highest BCUT2D eigenvalue weighted by Crippen LogP contribution is 2.50. The molecule has 0 heterocycles. The summed E-state index contributed by atoms with van der Waals surface area (Å²) in [6.45, 7) is 0. The Morgan fingerprint density at radius 3 is 1.46 bits per heavy atom. The van der Waals surface area contributed by atoms with Gasteiger partial charge in [-0.1, -0.05) is 137 Å². The average Bonchev–Trinajstić information content (AvgIpc) is 2.94. The molecular formula is C31H23BrNOP. The van der Waals surface area contributed by atoms with Crippen LogP contribution in [0, 0.1) is 0 Å². The highest BCUT2D eigenvalue weighted by molar-refractivity contribution is 9.10. The summed E-state index contributed by atoms with van der Waals surface area (Å²) in [6, 6.07) is 46.5. The summed E-state index contributed by atoms with van der Waals surface area (Å²) < 4.78 is 6.40. The van der Waals surface area contributed by atoms with Crippen LogP contribution in [0.5, 0.6) is 0 Å². The van der Waals surface area contributed by atoms with Crippen LogP contribution < -0.4 is 15.9 Å². The van der Waals surface area contributed by atoms with Gasteiger partial charge < -0.3 is 0 Å². The maximum Gasteiger partial charge on any atom is 0.195 e. The Labute approximate surface area is 214 Å². The van der Waals surface area contributed by atoms with Crippen molar-refractivity contribution in [2.75, 3.05) is 0 Å². The quantitative estimate of drug-likeness (QED) is 0.163. The predicted molar refractivity (Wildman–Crippen MR) is 151 cm³/mol. The van der Waals surface area contributed by atoms with Gasteiger partial charge in [-0.25, -0.2) is 0 Å². The Bertz CT molecular complexity index is 1400. The lowest BCUT2D eigenvalue weighted by molar-refractivity contribution is 0.103. The van der Waals surface area contributed by atoms with Crippen molar-refractivity contribution in [1.29, 1.82) is 0 Å².